The van der Waals surface area contributed by atoms with Crippen LogP contribution >= 0.6 is 0 Å². The van der Waals surface area contributed by atoms with Crippen LogP contribution in [0.5, 0.6) is 0 Å². The Morgan fingerprint density at radius 1 is 1.35 bits per heavy atom. The van der Waals surface area contributed by atoms with Gasteiger partial charge < -0.3 is 15.2 Å². The molecular weight excluding hydrogens is 257 g/mol. The maximum Gasteiger partial charge on any atom is 0.146 e. The molecule has 2 rings (SSSR count). The fraction of sp³-hybridized carbons (Fsp3) is 0.625. The van der Waals surface area contributed by atoms with Crippen LogP contribution < -0.4 is 5.32 Å². The van der Waals surface area contributed by atoms with Gasteiger partial charge in [-0.2, -0.15) is 0 Å². The number of benzene rings is 1. The summed E-state index contributed by atoms with van der Waals surface area (Å²) in [5.41, 5.74) is 0.414. The molecule has 112 valence electrons. The van der Waals surface area contributed by atoms with Crippen molar-refractivity contribution in [2.24, 2.45) is 5.92 Å². The van der Waals surface area contributed by atoms with Crippen molar-refractivity contribution in [3.63, 3.8) is 0 Å². The number of para-hydroxylation sites is 1. The van der Waals surface area contributed by atoms with Gasteiger partial charge in [-0.1, -0.05) is 31.9 Å². The Morgan fingerprint density at radius 2 is 2.10 bits per heavy atom. The van der Waals surface area contributed by atoms with Gasteiger partial charge in [0.2, 0.25) is 0 Å². The molecule has 0 aromatic heterocycles. The Balaban J connectivity index is 1.70. The smallest absolute Gasteiger partial charge is 0.146 e. The second kappa shape index (κ2) is 7.60. The summed E-state index contributed by atoms with van der Waals surface area (Å²) in [5, 5.41) is 12.8. The Kier molecular flexibility index (Phi) is 5.80. The highest BCUT2D eigenvalue weighted by atomic mass is 19.1. The molecule has 3 unspecified atom stereocenters. The highest BCUT2D eigenvalue weighted by molar-refractivity contribution is 5.44. The van der Waals surface area contributed by atoms with Gasteiger partial charge in [0.05, 0.1) is 24.5 Å². The van der Waals surface area contributed by atoms with Crippen molar-refractivity contribution in [1.82, 2.24) is 0 Å². The van der Waals surface area contributed by atoms with Gasteiger partial charge in [0, 0.05) is 6.54 Å². The maximum atomic E-state index is 13.4. The van der Waals surface area contributed by atoms with Crippen LogP contribution in [0.4, 0.5) is 10.1 Å². The van der Waals surface area contributed by atoms with Crippen molar-refractivity contribution in [2.45, 2.75) is 44.8 Å². The predicted octanol–water partition coefficient (Wildman–Crippen LogP) is 3.19. The van der Waals surface area contributed by atoms with Crippen molar-refractivity contribution >= 4 is 5.69 Å². The summed E-state index contributed by atoms with van der Waals surface area (Å²) in [7, 11) is 0. The molecule has 0 saturated heterocycles. The predicted molar refractivity (Wildman–Crippen MR) is 78.3 cm³/mol. The van der Waals surface area contributed by atoms with Gasteiger partial charge in [-0.05, 0) is 30.9 Å². The minimum absolute atomic E-state index is 0.256. The lowest BCUT2D eigenvalue weighted by atomic mass is 9.88. The number of nitrogens with one attached hydrogen (secondary N) is 1. The summed E-state index contributed by atoms with van der Waals surface area (Å²) >= 11 is 0. The van der Waals surface area contributed by atoms with E-state index in [0.717, 1.165) is 6.42 Å². The number of hydrogen-bond acceptors (Lipinski definition) is 3. The second-order valence-corrected chi connectivity index (χ2v) is 5.65. The first kappa shape index (κ1) is 15.3. The monoisotopic (exact) mass is 281 g/mol. The molecule has 1 fully saturated rings. The minimum Gasteiger partial charge on any atom is -0.389 e. The first-order chi connectivity index (χ1) is 9.66. The van der Waals surface area contributed by atoms with E-state index in [0.29, 0.717) is 24.8 Å². The zero-order valence-corrected chi connectivity index (χ0v) is 12.0. The molecule has 1 aromatic carbocycles. The number of hydrogen-bond donors (Lipinski definition) is 2. The molecule has 1 aliphatic carbocycles. The average Bonchev–Trinajstić information content (AvgIpc) is 2.45. The molecule has 2 N–H and O–H groups in total. The fourth-order valence-corrected chi connectivity index (χ4v) is 2.66. The van der Waals surface area contributed by atoms with E-state index in [1.807, 2.05) is 0 Å². The van der Waals surface area contributed by atoms with Crippen molar-refractivity contribution in [2.75, 3.05) is 18.5 Å². The SMILES string of the molecule is CC1CCCCC1OCC(O)CNc1ccccc1F. The summed E-state index contributed by atoms with van der Waals surface area (Å²) in [6, 6.07) is 6.46. The zero-order chi connectivity index (χ0) is 14.4. The lowest BCUT2D eigenvalue weighted by Gasteiger charge is -2.29. The number of anilines is 1. The molecule has 3 atom stereocenters. The summed E-state index contributed by atoms with van der Waals surface area (Å²) < 4.78 is 19.2. The molecule has 0 heterocycles. The fourth-order valence-electron chi connectivity index (χ4n) is 2.66. The van der Waals surface area contributed by atoms with E-state index in [1.54, 1.807) is 18.2 Å². The number of aliphatic hydroxyl groups is 1. The van der Waals surface area contributed by atoms with Crippen molar-refractivity contribution in [3.8, 4) is 0 Å². The Bertz CT molecular complexity index is 413. The van der Waals surface area contributed by atoms with Gasteiger partial charge in [-0.3, -0.25) is 0 Å². The van der Waals surface area contributed by atoms with Gasteiger partial charge in [-0.25, -0.2) is 4.39 Å². The van der Waals surface area contributed by atoms with Crippen LogP contribution in [-0.4, -0.2) is 30.5 Å². The highest BCUT2D eigenvalue weighted by Crippen LogP contribution is 2.26. The molecule has 1 aromatic rings. The maximum absolute atomic E-state index is 13.4. The van der Waals surface area contributed by atoms with E-state index in [4.69, 9.17) is 4.74 Å². The summed E-state index contributed by atoms with van der Waals surface area (Å²) in [4.78, 5) is 0. The second-order valence-electron chi connectivity index (χ2n) is 5.65. The van der Waals surface area contributed by atoms with Crippen LogP contribution in [0.15, 0.2) is 24.3 Å². The van der Waals surface area contributed by atoms with Crippen LogP contribution in [-0.2, 0) is 4.74 Å². The molecular formula is C16H24FNO2. The Hall–Kier alpha value is -1.13. The van der Waals surface area contributed by atoms with Gasteiger partial charge >= 0.3 is 0 Å². The molecule has 4 heteroatoms. The number of halogens is 1. The van der Waals surface area contributed by atoms with E-state index in [2.05, 4.69) is 12.2 Å². The molecule has 1 saturated carbocycles. The van der Waals surface area contributed by atoms with Gasteiger partial charge in [0.1, 0.15) is 5.82 Å². The first-order valence-electron chi connectivity index (χ1n) is 7.45. The van der Waals surface area contributed by atoms with Crippen LogP contribution in [0.2, 0.25) is 0 Å². The molecule has 3 nitrogen and oxygen atoms in total. The standard InChI is InChI=1S/C16H24FNO2/c1-12-6-2-5-9-16(12)20-11-13(19)10-18-15-8-4-3-7-14(15)17/h3-4,7-8,12-13,16,18-19H,2,5-6,9-11H2,1H3. The molecule has 1 aliphatic rings. The van der Waals surface area contributed by atoms with Gasteiger partial charge in [-0.15, -0.1) is 0 Å². The number of ether oxygens (including phenoxy) is 1. The Labute approximate surface area is 120 Å². The van der Waals surface area contributed by atoms with E-state index < -0.39 is 6.10 Å². The van der Waals surface area contributed by atoms with Crippen LogP contribution in [0.1, 0.15) is 32.6 Å². The topological polar surface area (TPSA) is 41.5 Å². The lowest BCUT2D eigenvalue weighted by Crippen LogP contribution is -2.32. The van der Waals surface area contributed by atoms with E-state index >= 15 is 0 Å². The summed E-state index contributed by atoms with van der Waals surface area (Å²) in [5.74, 6) is 0.261. The third-order valence-electron chi connectivity index (χ3n) is 3.94. The molecule has 0 radical (unpaired) electrons. The largest absolute Gasteiger partial charge is 0.389 e. The van der Waals surface area contributed by atoms with Crippen LogP contribution in [0, 0.1) is 11.7 Å². The highest BCUT2D eigenvalue weighted by Gasteiger charge is 2.22. The number of aliphatic hydroxyl groups excluding tert-OH is 1. The molecule has 0 bridgehead atoms. The van der Waals surface area contributed by atoms with Crippen molar-refractivity contribution in [1.29, 1.82) is 0 Å². The van der Waals surface area contributed by atoms with Crippen LogP contribution in [0.25, 0.3) is 0 Å². The van der Waals surface area contributed by atoms with E-state index in [9.17, 15) is 9.50 Å². The minimum atomic E-state index is -0.622. The van der Waals surface area contributed by atoms with Crippen molar-refractivity contribution in [3.05, 3.63) is 30.1 Å². The molecule has 0 aliphatic heterocycles. The van der Waals surface area contributed by atoms with E-state index in [-0.39, 0.29) is 11.9 Å². The molecule has 20 heavy (non-hydrogen) atoms. The lowest BCUT2D eigenvalue weighted by molar-refractivity contribution is -0.0424. The van der Waals surface area contributed by atoms with Gasteiger partial charge in [0.15, 0.2) is 0 Å². The third-order valence-corrected chi connectivity index (χ3v) is 3.94. The third kappa shape index (κ3) is 4.46. The average molecular weight is 281 g/mol. The van der Waals surface area contributed by atoms with E-state index in [1.165, 1.54) is 25.3 Å². The number of rotatable bonds is 6. The first-order valence-corrected chi connectivity index (χ1v) is 7.45. The molecule has 0 amide bonds. The Morgan fingerprint density at radius 3 is 2.85 bits per heavy atom. The summed E-state index contributed by atoms with van der Waals surface area (Å²) in [6.45, 7) is 2.80. The quantitative estimate of drug-likeness (QED) is 0.841. The van der Waals surface area contributed by atoms with Crippen molar-refractivity contribution < 1.29 is 14.2 Å². The normalized spacial score (nSPS) is 24.4. The molecule has 0 spiro atoms. The zero-order valence-electron chi connectivity index (χ0n) is 12.0. The summed E-state index contributed by atoms with van der Waals surface area (Å²) in [6.07, 6.45) is 4.40. The van der Waals surface area contributed by atoms with Gasteiger partial charge in [0.25, 0.3) is 0 Å². The van der Waals surface area contributed by atoms with Crippen LogP contribution in [0.3, 0.4) is 0 Å².